The number of phenolic OH excluding ortho intramolecular Hbond substituents is 1. The van der Waals surface area contributed by atoms with Crippen LogP contribution in [-0.2, 0) is 0 Å². The molecule has 0 saturated heterocycles. The van der Waals surface area contributed by atoms with Crippen molar-refractivity contribution in [1.82, 2.24) is 5.43 Å². The summed E-state index contributed by atoms with van der Waals surface area (Å²) in [5, 5.41) is 13.1. The fraction of sp³-hybridized carbons (Fsp3) is 0.222. The van der Waals surface area contributed by atoms with Crippen molar-refractivity contribution in [3.8, 4) is 5.75 Å². The Morgan fingerprint density at radius 3 is 2.43 bits per heavy atom. The molecule has 0 aliphatic carbocycles. The fourth-order valence-corrected chi connectivity index (χ4v) is 2.12. The zero-order valence-electron chi connectivity index (χ0n) is 13.4. The van der Waals surface area contributed by atoms with Gasteiger partial charge in [-0.3, -0.25) is 4.79 Å². The molecule has 0 fully saturated rings. The summed E-state index contributed by atoms with van der Waals surface area (Å²) in [6, 6.07) is 14.0. The number of carbonyl (C=O) groups is 1. The third kappa shape index (κ3) is 4.85. The molecule has 5 nitrogen and oxygen atoms in total. The van der Waals surface area contributed by atoms with E-state index >= 15 is 0 Å². The van der Waals surface area contributed by atoms with Crippen LogP contribution in [0.1, 0.15) is 29.3 Å². The van der Waals surface area contributed by atoms with E-state index in [-0.39, 0.29) is 11.7 Å². The molecule has 0 spiro atoms. The highest BCUT2D eigenvalue weighted by molar-refractivity contribution is 5.95. The molecule has 120 valence electrons. The summed E-state index contributed by atoms with van der Waals surface area (Å²) in [4.78, 5) is 14.0. The third-order valence-corrected chi connectivity index (χ3v) is 3.40. The lowest BCUT2D eigenvalue weighted by Gasteiger charge is -2.18. The number of rotatable bonds is 6. The van der Waals surface area contributed by atoms with E-state index in [4.69, 9.17) is 0 Å². The molecular formula is C18H21N3O2. The maximum atomic E-state index is 11.8. The van der Waals surface area contributed by atoms with E-state index < -0.39 is 0 Å². The summed E-state index contributed by atoms with van der Waals surface area (Å²) in [5.41, 5.74) is 4.96. The molecule has 0 aliphatic heterocycles. The van der Waals surface area contributed by atoms with E-state index in [0.29, 0.717) is 5.56 Å². The zero-order valence-corrected chi connectivity index (χ0v) is 13.4. The molecule has 2 aromatic carbocycles. The standard InChI is InChI=1S/C18H21N3O2/c1-3-12-21(2)16-8-4-14(5-9-16)13-19-20-18(23)15-6-10-17(22)11-7-15/h4-11,13,22H,3,12H2,1-2H3,(H,20,23)/b19-13+. The van der Waals surface area contributed by atoms with Gasteiger partial charge in [0.05, 0.1) is 6.21 Å². The molecule has 0 atom stereocenters. The Hall–Kier alpha value is -2.82. The number of carbonyl (C=O) groups excluding carboxylic acids is 1. The third-order valence-electron chi connectivity index (χ3n) is 3.40. The molecule has 0 aliphatic rings. The van der Waals surface area contributed by atoms with E-state index in [1.165, 1.54) is 12.1 Å². The van der Waals surface area contributed by atoms with Crippen LogP contribution in [0.3, 0.4) is 0 Å². The van der Waals surface area contributed by atoms with Crippen molar-refractivity contribution >= 4 is 17.8 Å². The quantitative estimate of drug-likeness (QED) is 0.636. The van der Waals surface area contributed by atoms with Gasteiger partial charge < -0.3 is 10.0 Å². The monoisotopic (exact) mass is 311 g/mol. The molecule has 0 radical (unpaired) electrons. The summed E-state index contributed by atoms with van der Waals surface area (Å²) in [6.45, 7) is 3.16. The van der Waals surface area contributed by atoms with Gasteiger partial charge >= 0.3 is 0 Å². The molecule has 0 heterocycles. The lowest BCUT2D eigenvalue weighted by atomic mass is 10.2. The number of hydrazone groups is 1. The predicted molar refractivity (Wildman–Crippen MR) is 93.2 cm³/mol. The van der Waals surface area contributed by atoms with Gasteiger partial charge in [-0.2, -0.15) is 5.10 Å². The van der Waals surface area contributed by atoms with Gasteiger partial charge in [0, 0.05) is 24.8 Å². The van der Waals surface area contributed by atoms with Crippen LogP contribution < -0.4 is 10.3 Å². The van der Waals surface area contributed by atoms with E-state index in [2.05, 4.69) is 29.4 Å². The van der Waals surface area contributed by atoms with Crippen LogP contribution in [-0.4, -0.2) is 30.8 Å². The molecule has 5 heteroatoms. The van der Waals surface area contributed by atoms with Gasteiger partial charge in [0.2, 0.25) is 0 Å². The maximum Gasteiger partial charge on any atom is 0.271 e. The summed E-state index contributed by atoms with van der Waals surface area (Å²) in [7, 11) is 2.06. The van der Waals surface area contributed by atoms with Gasteiger partial charge in [0.25, 0.3) is 5.91 Å². The van der Waals surface area contributed by atoms with Crippen molar-refractivity contribution in [3.05, 3.63) is 59.7 Å². The van der Waals surface area contributed by atoms with Crippen LogP contribution in [0.5, 0.6) is 5.75 Å². The first-order valence-corrected chi connectivity index (χ1v) is 7.54. The molecule has 0 unspecified atom stereocenters. The van der Waals surface area contributed by atoms with Crippen molar-refractivity contribution in [2.75, 3.05) is 18.5 Å². The minimum atomic E-state index is -0.319. The van der Waals surface area contributed by atoms with Crippen molar-refractivity contribution in [2.24, 2.45) is 5.10 Å². The lowest BCUT2D eigenvalue weighted by molar-refractivity contribution is 0.0955. The Morgan fingerprint density at radius 1 is 1.17 bits per heavy atom. The molecule has 2 aromatic rings. The normalized spacial score (nSPS) is 10.7. The number of anilines is 1. The van der Waals surface area contributed by atoms with E-state index in [9.17, 15) is 9.90 Å². The fourth-order valence-electron chi connectivity index (χ4n) is 2.12. The average molecular weight is 311 g/mol. The van der Waals surface area contributed by atoms with Gasteiger partial charge in [-0.05, 0) is 48.4 Å². The Labute approximate surface area is 136 Å². The SMILES string of the molecule is CCCN(C)c1ccc(/C=N/NC(=O)c2ccc(O)cc2)cc1. The first-order chi connectivity index (χ1) is 11.1. The second-order valence-corrected chi connectivity index (χ2v) is 5.26. The van der Waals surface area contributed by atoms with Crippen LogP contribution in [0.4, 0.5) is 5.69 Å². The molecular weight excluding hydrogens is 290 g/mol. The van der Waals surface area contributed by atoms with Crippen LogP contribution >= 0.6 is 0 Å². The molecule has 0 saturated carbocycles. The smallest absolute Gasteiger partial charge is 0.271 e. The minimum absolute atomic E-state index is 0.123. The average Bonchev–Trinajstić information content (AvgIpc) is 2.56. The highest BCUT2D eigenvalue weighted by Gasteiger charge is 2.03. The summed E-state index contributed by atoms with van der Waals surface area (Å²) >= 11 is 0. The summed E-state index contributed by atoms with van der Waals surface area (Å²) in [6.07, 6.45) is 2.70. The summed E-state index contributed by atoms with van der Waals surface area (Å²) in [5.74, 6) is -0.196. The van der Waals surface area contributed by atoms with E-state index in [0.717, 1.165) is 24.2 Å². The molecule has 0 bridgehead atoms. The van der Waals surface area contributed by atoms with Gasteiger partial charge in [0.15, 0.2) is 0 Å². The number of aromatic hydroxyl groups is 1. The van der Waals surface area contributed by atoms with Crippen molar-refractivity contribution in [2.45, 2.75) is 13.3 Å². The predicted octanol–water partition coefficient (Wildman–Crippen LogP) is 3.00. The first-order valence-electron chi connectivity index (χ1n) is 7.54. The van der Waals surface area contributed by atoms with Crippen LogP contribution in [0.15, 0.2) is 53.6 Å². The Balaban J connectivity index is 1.92. The number of hydrogen-bond donors (Lipinski definition) is 2. The Kier molecular flexibility index (Phi) is 5.74. The van der Waals surface area contributed by atoms with Crippen LogP contribution in [0.25, 0.3) is 0 Å². The van der Waals surface area contributed by atoms with Gasteiger partial charge in [-0.1, -0.05) is 19.1 Å². The highest BCUT2D eigenvalue weighted by Crippen LogP contribution is 2.13. The molecule has 0 aromatic heterocycles. The number of amides is 1. The largest absolute Gasteiger partial charge is 0.508 e. The number of nitrogens with zero attached hydrogens (tertiary/aromatic N) is 2. The number of hydrogen-bond acceptors (Lipinski definition) is 4. The molecule has 1 amide bonds. The van der Waals surface area contributed by atoms with Crippen LogP contribution in [0, 0.1) is 0 Å². The number of phenols is 1. The molecule has 2 rings (SSSR count). The Bertz CT molecular complexity index is 664. The van der Waals surface area contributed by atoms with Gasteiger partial charge in [-0.15, -0.1) is 0 Å². The van der Waals surface area contributed by atoms with Gasteiger partial charge in [-0.25, -0.2) is 5.43 Å². The van der Waals surface area contributed by atoms with Crippen molar-refractivity contribution < 1.29 is 9.90 Å². The van der Waals surface area contributed by atoms with E-state index in [1.807, 2.05) is 24.3 Å². The topological polar surface area (TPSA) is 64.9 Å². The highest BCUT2D eigenvalue weighted by atomic mass is 16.3. The minimum Gasteiger partial charge on any atom is -0.508 e. The Morgan fingerprint density at radius 2 is 1.83 bits per heavy atom. The second kappa shape index (κ2) is 7.98. The van der Waals surface area contributed by atoms with Crippen LogP contribution in [0.2, 0.25) is 0 Å². The zero-order chi connectivity index (χ0) is 16.7. The number of nitrogens with one attached hydrogen (secondary N) is 1. The summed E-state index contributed by atoms with van der Waals surface area (Å²) < 4.78 is 0. The van der Waals surface area contributed by atoms with Crippen molar-refractivity contribution in [3.63, 3.8) is 0 Å². The lowest BCUT2D eigenvalue weighted by Crippen LogP contribution is -2.18. The second-order valence-electron chi connectivity index (χ2n) is 5.26. The maximum absolute atomic E-state index is 11.8. The number of benzene rings is 2. The van der Waals surface area contributed by atoms with E-state index in [1.54, 1.807) is 18.3 Å². The first kappa shape index (κ1) is 16.5. The van der Waals surface area contributed by atoms with Crippen molar-refractivity contribution in [1.29, 1.82) is 0 Å². The molecule has 2 N–H and O–H groups in total. The molecule has 23 heavy (non-hydrogen) atoms. The van der Waals surface area contributed by atoms with Gasteiger partial charge in [0.1, 0.15) is 5.75 Å².